The van der Waals surface area contributed by atoms with Crippen LogP contribution in [0.1, 0.15) is 25.0 Å². The van der Waals surface area contributed by atoms with Crippen LogP contribution in [0.5, 0.6) is 0 Å². The molecule has 0 saturated carbocycles. The molecule has 2 saturated heterocycles. The van der Waals surface area contributed by atoms with Crippen LogP contribution in [0.15, 0.2) is 17.8 Å². The van der Waals surface area contributed by atoms with E-state index in [0.717, 1.165) is 0 Å². The van der Waals surface area contributed by atoms with Crippen molar-refractivity contribution in [3.63, 3.8) is 0 Å². The Bertz CT molecular complexity index is 2120. The summed E-state index contributed by atoms with van der Waals surface area (Å²) in [5.41, 5.74) is 0.567. The molecule has 3 aliphatic rings. The summed E-state index contributed by atoms with van der Waals surface area (Å²) >= 11 is 0. The largest absolute Gasteiger partial charge is 0.490 e. The average Bonchev–Trinajstić information content (AvgIpc) is 4.00. The Morgan fingerprint density at radius 3 is 2.01 bits per heavy atom. The molecule has 1 aromatic heterocycles. The smallest absolute Gasteiger partial charge is 0.394 e. The molecule has 1 aromatic rings. The van der Waals surface area contributed by atoms with Gasteiger partial charge in [-0.15, -0.1) is 5.10 Å². The minimum absolute atomic E-state index is 0.0263. The van der Waals surface area contributed by atoms with E-state index < -0.39 is 97.3 Å². The number of hydrogen-bond acceptors (Lipinski definition) is 25. The van der Waals surface area contributed by atoms with Crippen molar-refractivity contribution in [3.05, 3.63) is 23.5 Å². The summed E-state index contributed by atoms with van der Waals surface area (Å²) in [6, 6.07) is 0. The first-order valence-corrected chi connectivity index (χ1v) is 27.4. The maximum absolute atomic E-state index is 12.6. The molecule has 35 heteroatoms. The molecule has 0 aromatic carbocycles. The molecule has 10 N–H and O–H groups in total. The van der Waals surface area contributed by atoms with Gasteiger partial charge in [0.25, 0.3) is 5.91 Å². The minimum Gasteiger partial charge on any atom is -0.394 e. The van der Waals surface area contributed by atoms with Crippen LogP contribution in [-0.4, -0.2) is 228 Å². The van der Waals surface area contributed by atoms with Crippen molar-refractivity contribution in [2.24, 2.45) is 5.92 Å². The van der Waals surface area contributed by atoms with Gasteiger partial charge in [-0.05, 0) is 18.9 Å². The summed E-state index contributed by atoms with van der Waals surface area (Å²) in [6.45, 7) is 3.17. The quantitative estimate of drug-likeness (QED) is 0.0133. The van der Waals surface area contributed by atoms with Crippen LogP contribution < -0.4 is 10.6 Å². The highest BCUT2D eigenvalue weighted by atomic mass is 31.3. The van der Waals surface area contributed by atoms with E-state index in [1.54, 1.807) is 10.9 Å². The van der Waals surface area contributed by atoms with Crippen LogP contribution in [-0.2, 0) is 102 Å². The zero-order valence-electron chi connectivity index (χ0n) is 39.8. The van der Waals surface area contributed by atoms with Gasteiger partial charge >= 0.3 is 23.5 Å². The third kappa shape index (κ3) is 24.9. The highest BCUT2D eigenvalue weighted by molar-refractivity contribution is 7.66. The number of phosphoric acid groups is 3. The zero-order valence-corrected chi connectivity index (χ0v) is 42.5. The number of amides is 3. The van der Waals surface area contributed by atoms with Gasteiger partial charge in [0, 0.05) is 6.42 Å². The van der Waals surface area contributed by atoms with Crippen LogP contribution in [0, 0.1) is 17.8 Å². The molecule has 32 nitrogen and oxygen atoms in total. The predicted molar refractivity (Wildman–Crippen MR) is 242 cm³/mol. The lowest BCUT2D eigenvalue weighted by Gasteiger charge is -2.39. The van der Waals surface area contributed by atoms with E-state index in [1.165, 1.54) is 6.08 Å². The molecule has 422 valence electrons. The Labute approximate surface area is 423 Å². The number of carbonyl (C=O) groups excluding carboxylic acids is 3. The van der Waals surface area contributed by atoms with Gasteiger partial charge in [0.15, 0.2) is 6.29 Å². The first-order chi connectivity index (χ1) is 35.3. The number of imide groups is 1. The molecule has 4 rings (SSSR count). The SMILES string of the molecule is O=C(CCOCCOCCOCCOCCn1cc(COCCOCCOCCO[C@H]2OC(CO)[C@@H](O)[C@H](O)C2O)nn1)NCC#CC1=CC([C@H]2CC[C@@H](COP(=O)(O)OP(=O)(O)OP(=O)(O)O)O2)C(=O)NC1=O. The number of nitrogens with zero attached hydrogens (tertiary/aromatic N) is 3. The Hall–Kier alpha value is -3.10. The van der Waals surface area contributed by atoms with Gasteiger partial charge in [0.1, 0.15) is 30.1 Å². The van der Waals surface area contributed by atoms with E-state index >= 15 is 0 Å². The molecular weight excluding hydrogens is 1060 g/mol. The number of aromatic nitrogens is 3. The molecular formula is C39H64N5O27P3. The lowest BCUT2D eigenvalue weighted by Crippen LogP contribution is -2.59. The van der Waals surface area contributed by atoms with Crippen molar-refractivity contribution in [1.29, 1.82) is 0 Å². The van der Waals surface area contributed by atoms with Crippen LogP contribution in [0.3, 0.4) is 0 Å². The summed E-state index contributed by atoms with van der Waals surface area (Å²) < 4.78 is 103. The molecule has 3 aliphatic heterocycles. The monoisotopic (exact) mass is 1130 g/mol. The second-order valence-electron chi connectivity index (χ2n) is 15.8. The van der Waals surface area contributed by atoms with Crippen molar-refractivity contribution in [3.8, 4) is 11.8 Å². The molecule has 0 aliphatic carbocycles. The van der Waals surface area contributed by atoms with Crippen LogP contribution >= 0.6 is 23.5 Å². The van der Waals surface area contributed by atoms with Crippen molar-refractivity contribution in [2.75, 3.05) is 112 Å². The van der Waals surface area contributed by atoms with Gasteiger partial charge in [0.2, 0.25) is 11.8 Å². The summed E-state index contributed by atoms with van der Waals surface area (Å²) in [7, 11) is -16.6. The van der Waals surface area contributed by atoms with Crippen molar-refractivity contribution in [2.45, 2.75) is 75.3 Å². The van der Waals surface area contributed by atoms with Crippen LogP contribution in [0.25, 0.3) is 0 Å². The van der Waals surface area contributed by atoms with Crippen molar-refractivity contribution < 1.29 is 129 Å². The topological polar surface area (TPSA) is 439 Å². The number of aliphatic hydroxyl groups excluding tert-OH is 4. The maximum Gasteiger partial charge on any atom is 0.490 e. The standard InChI is InChI=1S/C39H64N5O27P3/c45-24-32-34(47)35(48)36(49)39(69-32)66-21-20-64-17-16-63-18-19-65-25-28-23-44(43-42-28)7-9-60-11-13-62-15-14-61-12-10-59-8-5-33(46)40-6-1-2-27-22-30(38(51)41-37(27)50)31-4-3-29(68-31)26-67-73(55,56)71-74(57,58)70-72(52,53)54/h22-23,29-32,34-36,39,45,47-49H,3-21,24-26H2,(H,40,46)(H,55,56)(H,57,58)(H,41,50,51)(H2,52,53,54)/t29-,30?,31+,32?,34+,35-,36?,39-/m0/s1. The van der Waals surface area contributed by atoms with Gasteiger partial charge in [-0.25, -0.2) is 18.4 Å². The molecule has 4 heterocycles. The minimum atomic E-state index is -5.70. The summed E-state index contributed by atoms with van der Waals surface area (Å²) in [6.07, 6.45) is -5.01. The Morgan fingerprint density at radius 2 is 1.38 bits per heavy atom. The number of rotatable bonds is 37. The van der Waals surface area contributed by atoms with E-state index in [4.69, 9.17) is 57.2 Å². The molecule has 2 fully saturated rings. The Kier molecular flexibility index (Phi) is 28.5. The summed E-state index contributed by atoms with van der Waals surface area (Å²) in [4.78, 5) is 73.3. The fourth-order valence-electron chi connectivity index (χ4n) is 6.58. The third-order valence-corrected chi connectivity index (χ3v) is 13.9. The van der Waals surface area contributed by atoms with Crippen LogP contribution in [0.2, 0.25) is 0 Å². The first kappa shape index (κ1) is 63.4. The third-order valence-electron chi connectivity index (χ3n) is 10.1. The predicted octanol–water partition coefficient (Wildman–Crippen LogP) is -3.69. The van der Waals surface area contributed by atoms with Gasteiger partial charge in [-0.3, -0.25) is 24.2 Å². The Morgan fingerprint density at radius 1 is 0.770 bits per heavy atom. The van der Waals surface area contributed by atoms with Gasteiger partial charge < -0.3 is 92.7 Å². The molecule has 0 bridgehead atoms. The van der Waals surface area contributed by atoms with Crippen LogP contribution in [0.4, 0.5) is 0 Å². The number of phosphoric ester groups is 1. The fourth-order valence-corrected chi connectivity index (χ4v) is 9.63. The lowest BCUT2D eigenvalue weighted by molar-refractivity contribution is -0.302. The molecule has 5 unspecified atom stereocenters. The number of nitrogens with one attached hydrogen (secondary N) is 2. The van der Waals surface area contributed by atoms with E-state index in [9.17, 15) is 58.3 Å². The molecule has 10 atom stereocenters. The number of hydrogen-bond donors (Lipinski definition) is 10. The molecule has 74 heavy (non-hydrogen) atoms. The van der Waals surface area contributed by atoms with Gasteiger partial charge in [-0.1, -0.05) is 17.1 Å². The highest BCUT2D eigenvalue weighted by Crippen LogP contribution is 2.66. The fraction of sp³-hybridized carbons (Fsp3) is 0.769. The maximum atomic E-state index is 12.6. The van der Waals surface area contributed by atoms with Gasteiger partial charge in [0.05, 0.1) is 155 Å². The van der Waals surface area contributed by atoms with E-state index in [1.807, 2.05) is 0 Å². The second kappa shape index (κ2) is 33.2. The van der Waals surface area contributed by atoms with E-state index in [0.29, 0.717) is 65.1 Å². The number of ether oxygens (including phenoxy) is 10. The lowest BCUT2D eigenvalue weighted by atomic mass is 9.93. The number of aliphatic hydroxyl groups is 4. The Balaban J connectivity index is 0.915. The molecule has 3 amide bonds. The number of carbonyl (C=O) groups is 3. The van der Waals surface area contributed by atoms with Gasteiger partial charge in [-0.2, -0.15) is 8.62 Å². The second-order valence-corrected chi connectivity index (χ2v) is 20.2. The zero-order chi connectivity index (χ0) is 54.0. The normalized spacial score (nSPS) is 24.9. The summed E-state index contributed by atoms with van der Waals surface area (Å²) in [5.74, 6) is 2.38. The van der Waals surface area contributed by atoms with Crippen molar-refractivity contribution >= 4 is 41.2 Å². The average molecular weight is 1130 g/mol. The summed E-state index contributed by atoms with van der Waals surface area (Å²) in [5, 5.41) is 51.6. The van der Waals surface area contributed by atoms with E-state index in [2.05, 4.69) is 45.9 Å². The highest BCUT2D eigenvalue weighted by Gasteiger charge is 2.45. The molecule has 0 spiro atoms. The first-order valence-electron chi connectivity index (χ1n) is 22.9. The van der Waals surface area contributed by atoms with Crippen molar-refractivity contribution in [1.82, 2.24) is 25.6 Å². The molecule has 0 radical (unpaired) electrons. The van der Waals surface area contributed by atoms with E-state index in [-0.39, 0.29) is 83.5 Å².